The van der Waals surface area contributed by atoms with Gasteiger partial charge in [0.15, 0.2) is 5.78 Å². The standard InChI is InChI=1S/C31H26N4O/c1-20-25-15-16-27-29(31(25,2)18-26(32-3)28(20)36)34-30(35(27)24-10-7-17-33-19-24)23-13-11-22(12-14-23)21-8-5-4-6-9-21/h4-14,17-20,25H,15-16H2,1-2H3/t20-,25-,31-/m1/s1. The van der Waals surface area contributed by atoms with Gasteiger partial charge in [0.05, 0.1) is 24.2 Å². The molecule has 3 atom stereocenters. The molecule has 0 aliphatic heterocycles. The highest BCUT2D eigenvalue weighted by Gasteiger charge is 2.50. The predicted octanol–water partition coefficient (Wildman–Crippen LogP) is 6.44. The molecular weight excluding hydrogens is 444 g/mol. The zero-order valence-electron chi connectivity index (χ0n) is 20.3. The molecule has 0 bridgehead atoms. The summed E-state index contributed by atoms with van der Waals surface area (Å²) in [6.07, 6.45) is 7.21. The number of Topliss-reactive ketones (excluding diaryl/α,β-unsaturated/α-hetero) is 1. The average molecular weight is 471 g/mol. The molecule has 2 aliphatic carbocycles. The zero-order valence-corrected chi connectivity index (χ0v) is 20.3. The van der Waals surface area contributed by atoms with Crippen molar-refractivity contribution >= 4 is 5.78 Å². The Morgan fingerprint density at radius 2 is 1.72 bits per heavy atom. The highest BCUT2D eigenvalue weighted by molar-refractivity contribution is 6.00. The van der Waals surface area contributed by atoms with Crippen LogP contribution in [-0.4, -0.2) is 20.3 Å². The van der Waals surface area contributed by atoms with Crippen LogP contribution in [-0.2, 0) is 16.6 Å². The number of hydrogen-bond acceptors (Lipinski definition) is 3. The van der Waals surface area contributed by atoms with Crippen molar-refractivity contribution in [3.05, 3.63) is 114 Å². The summed E-state index contributed by atoms with van der Waals surface area (Å²) in [6.45, 7) is 11.7. The molecule has 5 heteroatoms. The quantitative estimate of drug-likeness (QED) is 0.324. The van der Waals surface area contributed by atoms with E-state index in [4.69, 9.17) is 11.6 Å². The second kappa shape index (κ2) is 8.42. The first kappa shape index (κ1) is 22.2. The maximum atomic E-state index is 12.8. The lowest BCUT2D eigenvalue weighted by atomic mass is 9.59. The molecule has 2 aliphatic rings. The van der Waals surface area contributed by atoms with Gasteiger partial charge in [-0.05, 0) is 42.0 Å². The van der Waals surface area contributed by atoms with E-state index >= 15 is 0 Å². The molecule has 2 aromatic carbocycles. The molecule has 0 unspecified atom stereocenters. The van der Waals surface area contributed by atoms with Crippen molar-refractivity contribution in [1.29, 1.82) is 0 Å². The summed E-state index contributed by atoms with van der Waals surface area (Å²) < 4.78 is 2.22. The first-order valence-corrected chi connectivity index (χ1v) is 12.3. The van der Waals surface area contributed by atoms with Crippen molar-refractivity contribution in [3.63, 3.8) is 0 Å². The van der Waals surface area contributed by atoms with Gasteiger partial charge in [-0.1, -0.05) is 74.5 Å². The molecule has 0 saturated carbocycles. The number of imidazole rings is 1. The van der Waals surface area contributed by atoms with Crippen LogP contribution in [0.3, 0.4) is 0 Å². The normalized spacial score (nSPS) is 22.8. The number of ketones is 1. The smallest absolute Gasteiger partial charge is 0.226 e. The molecule has 4 aromatic rings. The Bertz CT molecular complexity index is 1530. The fourth-order valence-electron chi connectivity index (χ4n) is 6.09. The molecule has 0 radical (unpaired) electrons. The number of fused-ring (bicyclic) bond motifs is 3. The second-order valence-electron chi connectivity index (χ2n) is 9.94. The maximum absolute atomic E-state index is 12.8. The van der Waals surface area contributed by atoms with Gasteiger partial charge in [0.1, 0.15) is 5.82 Å². The first-order valence-electron chi connectivity index (χ1n) is 12.3. The topological polar surface area (TPSA) is 52.1 Å². The lowest BCUT2D eigenvalue weighted by molar-refractivity contribution is -0.121. The van der Waals surface area contributed by atoms with E-state index in [1.807, 2.05) is 43.5 Å². The highest BCUT2D eigenvalue weighted by atomic mass is 16.1. The van der Waals surface area contributed by atoms with Gasteiger partial charge in [-0.2, -0.15) is 0 Å². The minimum Gasteiger partial charge on any atom is -0.308 e. The first-order chi connectivity index (χ1) is 17.5. The monoisotopic (exact) mass is 470 g/mol. The lowest BCUT2D eigenvalue weighted by Crippen LogP contribution is -2.45. The number of aromatic nitrogens is 3. The van der Waals surface area contributed by atoms with Crippen molar-refractivity contribution in [2.45, 2.75) is 32.1 Å². The number of pyridine rings is 1. The van der Waals surface area contributed by atoms with Gasteiger partial charge in [0, 0.05) is 28.8 Å². The molecule has 0 spiro atoms. The van der Waals surface area contributed by atoms with Crippen molar-refractivity contribution in [1.82, 2.24) is 14.5 Å². The molecule has 2 heterocycles. The Hall–Kier alpha value is -4.30. The predicted molar refractivity (Wildman–Crippen MR) is 140 cm³/mol. The number of carbonyl (C=O) groups is 1. The van der Waals surface area contributed by atoms with E-state index in [1.54, 1.807) is 6.20 Å². The number of rotatable bonds is 3. The van der Waals surface area contributed by atoms with E-state index in [2.05, 4.69) is 63.8 Å². The van der Waals surface area contributed by atoms with Crippen LogP contribution < -0.4 is 0 Å². The van der Waals surface area contributed by atoms with Crippen molar-refractivity contribution in [2.75, 3.05) is 0 Å². The number of benzene rings is 2. The molecule has 0 N–H and O–H groups in total. The third-order valence-electron chi connectivity index (χ3n) is 7.93. The Balaban J connectivity index is 1.55. The summed E-state index contributed by atoms with van der Waals surface area (Å²) in [6, 6.07) is 22.8. The Kier molecular flexibility index (Phi) is 5.19. The van der Waals surface area contributed by atoms with Gasteiger partial charge in [-0.3, -0.25) is 9.55 Å². The number of allylic oxidation sites excluding steroid dienone is 2. The number of carbonyl (C=O) groups excluding carboxylic acids is 1. The lowest BCUT2D eigenvalue weighted by Gasteiger charge is -2.44. The SMILES string of the molecule is [C-]#[N+]C1=C[C@@]2(C)c3nc(-c4ccc(-c5ccccc5)cc4)n(-c4cccnc4)c3CC[C@@H]2[C@@H](C)C1=O. The van der Waals surface area contributed by atoms with Gasteiger partial charge in [0.2, 0.25) is 5.70 Å². The summed E-state index contributed by atoms with van der Waals surface area (Å²) in [5.41, 5.74) is 6.15. The fourth-order valence-corrected chi connectivity index (χ4v) is 6.09. The summed E-state index contributed by atoms with van der Waals surface area (Å²) in [5, 5.41) is 0. The van der Waals surface area contributed by atoms with Crippen LogP contribution in [0.2, 0.25) is 0 Å². The van der Waals surface area contributed by atoms with Crippen LogP contribution in [0, 0.1) is 18.4 Å². The Morgan fingerprint density at radius 3 is 2.42 bits per heavy atom. The van der Waals surface area contributed by atoms with Crippen molar-refractivity contribution in [3.8, 4) is 28.2 Å². The van der Waals surface area contributed by atoms with Crippen LogP contribution in [0.25, 0.3) is 33.0 Å². The molecule has 0 saturated heterocycles. The van der Waals surface area contributed by atoms with E-state index in [1.165, 1.54) is 5.56 Å². The highest BCUT2D eigenvalue weighted by Crippen LogP contribution is 2.51. The van der Waals surface area contributed by atoms with Gasteiger partial charge in [-0.25, -0.2) is 9.83 Å². The summed E-state index contributed by atoms with van der Waals surface area (Å²) in [5.74, 6) is 0.735. The Labute approximate surface area is 211 Å². The van der Waals surface area contributed by atoms with E-state index in [-0.39, 0.29) is 23.3 Å². The Morgan fingerprint density at radius 1 is 1.00 bits per heavy atom. The minimum absolute atomic E-state index is 0.0423. The minimum atomic E-state index is -0.479. The van der Waals surface area contributed by atoms with E-state index in [0.717, 1.165) is 46.9 Å². The molecule has 2 aromatic heterocycles. The summed E-state index contributed by atoms with van der Waals surface area (Å²) >= 11 is 0. The van der Waals surface area contributed by atoms with Gasteiger partial charge in [-0.15, -0.1) is 0 Å². The van der Waals surface area contributed by atoms with E-state index < -0.39 is 5.41 Å². The molecule has 0 fully saturated rings. The molecule has 0 amide bonds. The van der Waals surface area contributed by atoms with Crippen molar-refractivity contribution in [2.24, 2.45) is 11.8 Å². The molecule has 5 nitrogen and oxygen atoms in total. The van der Waals surface area contributed by atoms with Crippen LogP contribution in [0.1, 0.15) is 31.7 Å². The molecular formula is C31H26N4O. The third kappa shape index (κ3) is 3.33. The summed E-state index contributed by atoms with van der Waals surface area (Å²) in [4.78, 5) is 26.0. The average Bonchev–Trinajstić information content (AvgIpc) is 3.33. The maximum Gasteiger partial charge on any atom is 0.226 e. The zero-order chi connectivity index (χ0) is 24.9. The van der Waals surface area contributed by atoms with Crippen LogP contribution in [0.5, 0.6) is 0 Å². The van der Waals surface area contributed by atoms with Crippen LogP contribution in [0.4, 0.5) is 0 Å². The second-order valence-corrected chi connectivity index (χ2v) is 9.94. The molecule has 6 rings (SSSR count). The van der Waals surface area contributed by atoms with Crippen molar-refractivity contribution < 1.29 is 4.79 Å². The van der Waals surface area contributed by atoms with E-state index in [0.29, 0.717) is 0 Å². The van der Waals surface area contributed by atoms with Crippen LogP contribution >= 0.6 is 0 Å². The van der Waals surface area contributed by atoms with E-state index in [9.17, 15) is 4.79 Å². The third-order valence-corrected chi connectivity index (χ3v) is 7.93. The molecule has 176 valence electrons. The van der Waals surface area contributed by atoms with Gasteiger partial charge >= 0.3 is 0 Å². The van der Waals surface area contributed by atoms with Crippen LogP contribution in [0.15, 0.2) is 90.9 Å². The van der Waals surface area contributed by atoms with Gasteiger partial charge in [0.25, 0.3) is 0 Å². The van der Waals surface area contributed by atoms with Gasteiger partial charge < -0.3 is 4.79 Å². The summed E-state index contributed by atoms with van der Waals surface area (Å²) in [7, 11) is 0. The fraction of sp³-hybridized carbons (Fsp3) is 0.226. The number of hydrogen-bond donors (Lipinski definition) is 0. The number of nitrogens with zero attached hydrogens (tertiary/aromatic N) is 4. The molecule has 36 heavy (non-hydrogen) atoms. The largest absolute Gasteiger partial charge is 0.308 e.